The number of nitrogens with one attached hydrogen (secondary N) is 2. The summed E-state index contributed by atoms with van der Waals surface area (Å²) in [5.74, 6) is -0.0967. The van der Waals surface area contributed by atoms with E-state index in [9.17, 15) is 4.79 Å². The van der Waals surface area contributed by atoms with Gasteiger partial charge in [-0.25, -0.2) is 0 Å². The molecule has 1 amide bonds. The van der Waals surface area contributed by atoms with Crippen molar-refractivity contribution < 1.29 is 9.53 Å². The van der Waals surface area contributed by atoms with Crippen LogP contribution >= 0.6 is 0 Å². The SMILES string of the molecule is C=NC=CC(=C)c1c[nH]c2c1CC(C)(NC(=O)C1CN(CC3=C=C=CC=C3)CCO1)C=C2. The third-order valence-corrected chi connectivity index (χ3v) is 5.87. The number of fused-ring (bicyclic) bond motifs is 1. The van der Waals surface area contributed by atoms with Gasteiger partial charge >= 0.3 is 0 Å². The summed E-state index contributed by atoms with van der Waals surface area (Å²) in [6.45, 7) is 12.2. The lowest BCUT2D eigenvalue weighted by molar-refractivity contribution is -0.139. The molecule has 6 nitrogen and oxygen atoms in total. The molecule has 2 N–H and O–H groups in total. The highest BCUT2D eigenvalue weighted by Gasteiger charge is 2.34. The first-order chi connectivity index (χ1) is 15.5. The number of rotatable bonds is 7. The van der Waals surface area contributed by atoms with Gasteiger partial charge in [-0.1, -0.05) is 30.2 Å². The fourth-order valence-corrected chi connectivity index (χ4v) is 4.19. The van der Waals surface area contributed by atoms with Gasteiger partial charge < -0.3 is 15.0 Å². The maximum atomic E-state index is 13.1. The highest BCUT2D eigenvalue weighted by atomic mass is 16.5. The van der Waals surface area contributed by atoms with Crippen LogP contribution in [0.25, 0.3) is 11.6 Å². The van der Waals surface area contributed by atoms with Crippen molar-refractivity contribution in [1.82, 2.24) is 15.2 Å². The van der Waals surface area contributed by atoms with E-state index in [1.54, 1.807) is 6.20 Å². The van der Waals surface area contributed by atoms with Crippen LogP contribution in [-0.2, 0) is 16.0 Å². The Morgan fingerprint density at radius 1 is 1.50 bits per heavy atom. The lowest BCUT2D eigenvalue weighted by atomic mass is 9.84. The van der Waals surface area contributed by atoms with E-state index in [0.29, 0.717) is 19.6 Å². The predicted octanol–water partition coefficient (Wildman–Crippen LogP) is 3.19. The second kappa shape index (κ2) is 9.39. The summed E-state index contributed by atoms with van der Waals surface area (Å²) in [6, 6.07) is 0. The van der Waals surface area contributed by atoms with Crippen LogP contribution in [-0.4, -0.2) is 60.4 Å². The molecule has 164 valence electrons. The topological polar surface area (TPSA) is 69.7 Å². The minimum Gasteiger partial charge on any atom is -0.366 e. The minimum absolute atomic E-state index is 0.0967. The van der Waals surface area contributed by atoms with Gasteiger partial charge in [0.2, 0.25) is 0 Å². The summed E-state index contributed by atoms with van der Waals surface area (Å²) in [5.41, 5.74) is 10.7. The monoisotopic (exact) mass is 428 g/mol. The van der Waals surface area contributed by atoms with E-state index in [2.05, 4.69) is 45.0 Å². The predicted molar refractivity (Wildman–Crippen MR) is 128 cm³/mol. The van der Waals surface area contributed by atoms with Crippen LogP contribution in [0.1, 0.15) is 23.7 Å². The highest BCUT2D eigenvalue weighted by molar-refractivity contribution is 5.83. The average molecular weight is 429 g/mol. The first kappa shape index (κ1) is 21.8. The molecule has 1 fully saturated rings. The van der Waals surface area contributed by atoms with Crippen LogP contribution in [0.15, 0.2) is 71.4 Å². The standard InChI is InChI=1S/C26H28N4O2/c1-19(10-12-27-3)22-16-28-23-9-11-26(2,15-21(22)23)29-25(31)24-18-30(13-14-32-24)17-20-7-5-4-6-8-20/h4-5,7,9-12,16,24,28H,1,3,13-15,17-18H2,2H3,(H,29,31). The molecular weight excluding hydrogens is 400 g/mol. The van der Waals surface area contributed by atoms with E-state index >= 15 is 0 Å². The Morgan fingerprint density at radius 2 is 2.38 bits per heavy atom. The van der Waals surface area contributed by atoms with Crippen LogP contribution in [0.2, 0.25) is 0 Å². The zero-order valence-corrected chi connectivity index (χ0v) is 18.4. The van der Waals surface area contributed by atoms with E-state index in [1.165, 1.54) is 0 Å². The molecule has 2 unspecified atom stereocenters. The van der Waals surface area contributed by atoms with E-state index in [4.69, 9.17) is 4.74 Å². The van der Waals surface area contributed by atoms with Crippen LogP contribution in [0.3, 0.4) is 0 Å². The van der Waals surface area contributed by atoms with Gasteiger partial charge in [0.05, 0.1) is 12.1 Å². The number of H-pyrrole nitrogens is 1. The summed E-state index contributed by atoms with van der Waals surface area (Å²) in [6.07, 6.45) is 15.4. The molecule has 1 aliphatic heterocycles. The largest absolute Gasteiger partial charge is 0.366 e. The summed E-state index contributed by atoms with van der Waals surface area (Å²) in [5, 5.41) is 3.21. The Morgan fingerprint density at radius 3 is 3.16 bits per heavy atom. The number of carbonyl (C=O) groups is 1. The molecule has 0 aromatic carbocycles. The molecule has 1 saturated heterocycles. The van der Waals surface area contributed by atoms with Crippen molar-refractivity contribution in [1.29, 1.82) is 0 Å². The van der Waals surface area contributed by atoms with Crippen molar-refractivity contribution in [2.45, 2.75) is 25.0 Å². The molecule has 0 radical (unpaired) electrons. The fourth-order valence-electron chi connectivity index (χ4n) is 4.19. The van der Waals surface area contributed by atoms with Crippen LogP contribution in [0.5, 0.6) is 0 Å². The van der Waals surface area contributed by atoms with Crippen LogP contribution < -0.4 is 5.32 Å². The quantitative estimate of drug-likeness (QED) is 0.398. The summed E-state index contributed by atoms with van der Waals surface area (Å²) in [4.78, 5) is 22.4. The van der Waals surface area contributed by atoms with E-state index < -0.39 is 11.6 Å². The number of ether oxygens (including phenoxy) is 1. The first-order valence-electron chi connectivity index (χ1n) is 10.7. The van der Waals surface area contributed by atoms with E-state index in [0.717, 1.165) is 41.1 Å². The fraction of sp³-hybridized carbons (Fsp3) is 0.308. The number of hydrogen-bond acceptors (Lipinski definition) is 4. The molecule has 2 aliphatic carbocycles. The van der Waals surface area contributed by atoms with Gasteiger partial charge in [0.1, 0.15) is 6.10 Å². The smallest absolute Gasteiger partial charge is 0.251 e. The summed E-state index contributed by atoms with van der Waals surface area (Å²) in [7, 11) is 0. The van der Waals surface area contributed by atoms with Crippen molar-refractivity contribution >= 4 is 24.3 Å². The molecule has 6 heteroatoms. The minimum atomic E-state index is -0.518. The number of aromatic nitrogens is 1. The molecule has 4 rings (SSSR count). The number of nitrogens with zero attached hydrogens (tertiary/aromatic N) is 2. The Labute approximate surface area is 188 Å². The molecule has 0 spiro atoms. The van der Waals surface area contributed by atoms with E-state index in [-0.39, 0.29) is 5.91 Å². The molecular formula is C26H28N4O2. The number of aliphatic imine (C=N–C) groups is 1. The van der Waals surface area contributed by atoms with Gasteiger partial charge in [0, 0.05) is 55.3 Å². The molecule has 1 aromatic rings. The summed E-state index contributed by atoms with van der Waals surface area (Å²) >= 11 is 0. The van der Waals surface area contributed by atoms with Gasteiger partial charge in [-0.2, -0.15) is 0 Å². The Hall–Kier alpha value is -3.40. The number of morpholine rings is 1. The van der Waals surface area contributed by atoms with Gasteiger partial charge in [0.25, 0.3) is 5.91 Å². The second-order valence-corrected chi connectivity index (χ2v) is 8.45. The van der Waals surface area contributed by atoms with E-state index in [1.807, 2.05) is 49.6 Å². The normalized spacial score (nSPS) is 24.4. The third kappa shape index (κ3) is 4.91. The number of allylic oxidation sites excluding steroid dienone is 4. The van der Waals surface area contributed by atoms with Crippen molar-refractivity contribution in [3.05, 3.63) is 83.2 Å². The number of carbonyl (C=O) groups excluding carboxylic acids is 1. The van der Waals surface area contributed by atoms with Crippen LogP contribution in [0.4, 0.5) is 0 Å². The zero-order chi connectivity index (χ0) is 22.6. The molecule has 32 heavy (non-hydrogen) atoms. The van der Waals surface area contributed by atoms with Crippen molar-refractivity contribution in [3.63, 3.8) is 0 Å². The molecule has 0 bridgehead atoms. The Balaban J connectivity index is 1.42. The third-order valence-electron chi connectivity index (χ3n) is 5.87. The molecule has 3 aliphatic rings. The number of hydrogen-bond donors (Lipinski definition) is 2. The van der Waals surface area contributed by atoms with Gasteiger partial charge in [-0.05, 0) is 49.1 Å². The van der Waals surface area contributed by atoms with Gasteiger partial charge in [-0.3, -0.25) is 14.7 Å². The Kier molecular flexibility index (Phi) is 6.40. The second-order valence-electron chi connectivity index (χ2n) is 8.45. The first-order valence-corrected chi connectivity index (χ1v) is 10.7. The lowest BCUT2D eigenvalue weighted by Crippen LogP contribution is -2.56. The Bertz CT molecular complexity index is 1120. The molecule has 2 heterocycles. The number of amides is 1. The maximum Gasteiger partial charge on any atom is 0.251 e. The van der Waals surface area contributed by atoms with Gasteiger partial charge in [-0.15, -0.1) is 0 Å². The van der Waals surface area contributed by atoms with Crippen LogP contribution in [0, 0.1) is 0 Å². The number of aromatic amines is 1. The maximum absolute atomic E-state index is 13.1. The van der Waals surface area contributed by atoms with Crippen molar-refractivity contribution in [2.75, 3.05) is 26.2 Å². The average Bonchev–Trinajstić information content (AvgIpc) is 3.21. The molecule has 2 atom stereocenters. The van der Waals surface area contributed by atoms with Crippen molar-refractivity contribution in [3.8, 4) is 0 Å². The lowest BCUT2D eigenvalue weighted by Gasteiger charge is -2.36. The van der Waals surface area contributed by atoms with Crippen molar-refractivity contribution in [2.24, 2.45) is 4.99 Å². The zero-order valence-electron chi connectivity index (χ0n) is 18.4. The summed E-state index contributed by atoms with van der Waals surface area (Å²) < 4.78 is 5.81. The molecule has 0 saturated carbocycles. The highest BCUT2D eigenvalue weighted by Crippen LogP contribution is 2.31. The molecule has 1 aromatic heterocycles. The van der Waals surface area contributed by atoms with Gasteiger partial charge in [0.15, 0.2) is 0 Å².